The molecule has 3 aromatic carbocycles. The lowest BCUT2D eigenvalue weighted by molar-refractivity contribution is -0.384. The van der Waals surface area contributed by atoms with Gasteiger partial charge in [-0.2, -0.15) is 0 Å². The number of hydrogen-bond acceptors (Lipinski definition) is 5. The average molecular weight is 434 g/mol. The maximum Gasteiger partial charge on any atom is 0.270 e. The summed E-state index contributed by atoms with van der Waals surface area (Å²) >= 11 is 5.16. The van der Waals surface area contributed by atoms with Gasteiger partial charge in [-0.05, 0) is 48.6 Å². The molecule has 0 fully saturated rings. The van der Waals surface area contributed by atoms with E-state index in [4.69, 9.17) is 12.2 Å². The number of nitrogens with zero attached hydrogens (tertiary/aromatic N) is 2. The maximum absolute atomic E-state index is 12.8. The van der Waals surface area contributed by atoms with Crippen LogP contribution in [0.15, 0.2) is 78.9 Å². The minimum Gasteiger partial charge on any atom is -0.332 e. The molecular weight excluding hydrogens is 416 g/mol. The second kappa shape index (κ2) is 9.59. The largest absolute Gasteiger partial charge is 0.332 e. The zero-order valence-electron chi connectivity index (χ0n) is 16.4. The number of thiocarbonyl (C=S) groups is 1. The molecule has 3 aromatic rings. The molecule has 156 valence electrons. The van der Waals surface area contributed by atoms with Crippen LogP contribution >= 0.6 is 12.2 Å². The van der Waals surface area contributed by atoms with Crippen LogP contribution in [0.1, 0.15) is 20.7 Å². The van der Waals surface area contributed by atoms with Gasteiger partial charge in [-0.3, -0.25) is 25.0 Å². The standard InChI is InChI=1S/C22H18N4O4S/c1-25(18-10-3-2-4-11-18)21(28)16-8-5-9-17(13-16)23-22(31)24-20(27)15-7-6-12-19(14-15)26(29)30/h2-14H,1H3,(H2,23,24,27,31). The van der Waals surface area contributed by atoms with Crippen molar-refractivity contribution in [2.75, 3.05) is 17.3 Å². The Morgan fingerprint density at radius 2 is 1.61 bits per heavy atom. The Balaban J connectivity index is 1.67. The lowest BCUT2D eigenvalue weighted by atomic mass is 10.1. The molecular formula is C22H18N4O4S. The minimum absolute atomic E-state index is 0.00230. The van der Waals surface area contributed by atoms with Crippen molar-refractivity contribution in [3.63, 3.8) is 0 Å². The third-order valence-electron chi connectivity index (χ3n) is 4.36. The molecule has 8 nitrogen and oxygen atoms in total. The molecule has 0 bridgehead atoms. The van der Waals surface area contributed by atoms with Crippen molar-refractivity contribution in [2.24, 2.45) is 0 Å². The summed E-state index contributed by atoms with van der Waals surface area (Å²) in [4.78, 5) is 36.9. The summed E-state index contributed by atoms with van der Waals surface area (Å²) in [5.74, 6) is -0.793. The third kappa shape index (κ3) is 5.49. The van der Waals surface area contributed by atoms with Crippen LogP contribution in [-0.4, -0.2) is 28.9 Å². The number of nitro benzene ring substituents is 1. The summed E-state index contributed by atoms with van der Waals surface area (Å²) in [6, 6.07) is 21.2. The van der Waals surface area contributed by atoms with Gasteiger partial charge in [0.05, 0.1) is 4.92 Å². The first kappa shape index (κ1) is 21.6. The first-order valence-corrected chi connectivity index (χ1v) is 9.56. The van der Waals surface area contributed by atoms with Crippen molar-refractivity contribution < 1.29 is 14.5 Å². The molecule has 0 unspecified atom stereocenters. The van der Waals surface area contributed by atoms with Crippen LogP contribution in [0.4, 0.5) is 17.1 Å². The Bertz CT molecular complexity index is 1150. The first-order valence-electron chi connectivity index (χ1n) is 9.15. The smallest absolute Gasteiger partial charge is 0.270 e. The lowest BCUT2D eigenvalue weighted by Crippen LogP contribution is -2.34. The van der Waals surface area contributed by atoms with Gasteiger partial charge in [0.25, 0.3) is 17.5 Å². The van der Waals surface area contributed by atoms with Gasteiger partial charge in [0.15, 0.2) is 5.11 Å². The maximum atomic E-state index is 12.8. The highest BCUT2D eigenvalue weighted by atomic mass is 32.1. The molecule has 0 aliphatic rings. The van der Waals surface area contributed by atoms with Crippen LogP contribution in [0.2, 0.25) is 0 Å². The number of benzene rings is 3. The van der Waals surface area contributed by atoms with Crippen molar-refractivity contribution in [1.29, 1.82) is 0 Å². The van der Waals surface area contributed by atoms with Gasteiger partial charge in [0.1, 0.15) is 0 Å². The molecule has 31 heavy (non-hydrogen) atoms. The summed E-state index contributed by atoms with van der Waals surface area (Å²) in [6.07, 6.45) is 0. The molecule has 0 aliphatic heterocycles. The lowest BCUT2D eigenvalue weighted by Gasteiger charge is -2.18. The van der Waals surface area contributed by atoms with Crippen molar-refractivity contribution >= 4 is 46.2 Å². The molecule has 3 rings (SSSR count). The molecule has 0 spiro atoms. The molecule has 0 heterocycles. The number of amides is 2. The topological polar surface area (TPSA) is 105 Å². The number of nitrogens with one attached hydrogen (secondary N) is 2. The number of nitro groups is 1. The molecule has 0 radical (unpaired) electrons. The number of para-hydroxylation sites is 1. The zero-order valence-corrected chi connectivity index (χ0v) is 17.3. The first-order chi connectivity index (χ1) is 14.8. The van der Waals surface area contributed by atoms with Crippen LogP contribution < -0.4 is 15.5 Å². The highest BCUT2D eigenvalue weighted by Crippen LogP contribution is 2.18. The van der Waals surface area contributed by atoms with Crippen LogP contribution in [0, 0.1) is 10.1 Å². The Morgan fingerprint density at radius 3 is 2.32 bits per heavy atom. The molecule has 0 aliphatic carbocycles. The fourth-order valence-electron chi connectivity index (χ4n) is 2.79. The normalized spacial score (nSPS) is 10.1. The highest BCUT2D eigenvalue weighted by molar-refractivity contribution is 7.80. The number of carbonyl (C=O) groups excluding carboxylic acids is 2. The van der Waals surface area contributed by atoms with Gasteiger partial charge in [0, 0.05) is 41.7 Å². The third-order valence-corrected chi connectivity index (χ3v) is 4.57. The quantitative estimate of drug-likeness (QED) is 0.357. The molecule has 0 saturated carbocycles. The van der Waals surface area contributed by atoms with E-state index in [1.165, 1.54) is 23.1 Å². The summed E-state index contributed by atoms with van der Waals surface area (Å²) < 4.78 is 0. The van der Waals surface area contributed by atoms with Crippen LogP contribution in [-0.2, 0) is 0 Å². The van der Waals surface area contributed by atoms with Crippen molar-refractivity contribution in [1.82, 2.24) is 5.32 Å². The summed E-state index contributed by atoms with van der Waals surface area (Å²) in [5, 5.41) is 16.2. The molecule has 0 aromatic heterocycles. The van der Waals surface area contributed by atoms with Crippen LogP contribution in [0.3, 0.4) is 0 Å². The Labute approximate surface area is 183 Å². The number of non-ortho nitro benzene ring substituents is 1. The van der Waals surface area contributed by atoms with Gasteiger partial charge in [-0.25, -0.2) is 0 Å². The van der Waals surface area contributed by atoms with Gasteiger partial charge < -0.3 is 10.2 Å². The van der Waals surface area contributed by atoms with E-state index in [0.717, 1.165) is 11.8 Å². The Kier molecular flexibility index (Phi) is 6.68. The zero-order chi connectivity index (χ0) is 22.4. The molecule has 2 N–H and O–H groups in total. The van der Waals surface area contributed by atoms with E-state index < -0.39 is 10.8 Å². The van der Waals surface area contributed by atoms with Crippen molar-refractivity contribution in [3.8, 4) is 0 Å². The fraction of sp³-hybridized carbons (Fsp3) is 0.0455. The van der Waals surface area contributed by atoms with Gasteiger partial charge in [-0.1, -0.05) is 30.3 Å². The second-order valence-corrected chi connectivity index (χ2v) is 6.90. The molecule has 9 heteroatoms. The van der Waals surface area contributed by atoms with E-state index in [-0.39, 0.29) is 22.3 Å². The summed E-state index contributed by atoms with van der Waals surface area (Å²) in [5.41, 5.74) is 1.61. The number of carbonyl (C=O) groups is 2. The van der Waals surface area contributed by atoms with Crippen LogP contribution in [0.5, 0.6) is 0 Å². The van der Waals surface area contributed by atoms with E-state index in [9.17, 15) is 19.7 Å². The SMILES string of the molecule is CN(C(=O)c1cccc(NC(=S)NC(=O)c2cccc([N+](=O)[O-])c2)c1)c1ccccc1. The predicted octanol–water partition coefficient (Wildman–Crippen LogP) is 4.00. The molecule has 2 amide bonds. The minimum atomic E-state index is -0.586. The van der Waals surface area contributed by atoms with Crippen molar-refractivity contribution in [2.45, 2.75) is 0 Å². The predicted molar refractivity (Wildman–Crippen MR) is 122 cm³/mol. The summed E-state index contributed by atoms with van der Waals surface area (Å²) in [6.45, 7) is 0. The molecule has 0 saturated heterocycles. The van der Waals surface area contributed by atoms with Gasteiger partial charge in [-0.15, -0.1) is 0 Å². The van der Waals surface area contributed by atoms with E-state index in [0.29, 0.717) is 11.3 Å². The monoisotopic (exact) mass is 434 g/mol. The van der Waals surface area contributed by atoms with Crippen LogP contribution in [0.25, 0.3) is 0 Å². The number of hydrogen-bond donors (Lipinski definition) is 2. The van der Waals surface area contributed by atoms with Gasteiger partial charge in [0.2, 0.25) is 0 Å². The van der Waals surface area contributed by atoms with E-state index in [1.807, 2.05) is 30.3 Å². The van der Waals surface area contributed by atoms with Gasteiger partial charge >= 0.3 is 0 Å². The second-order valence-electron chi connectivity index (χ2n) is 6.50. The fourth-order valence-corrected chi connectivity index (χ4v) is 3.00. The summed E-state index contributed by atoms with van der Waals surface area (Å²) in [7, 11) is 1.68. The molecule has 0 atom stereocenters. The number of rotatable bonds is 5. The Morgan fingerprint density at radius 1 is 0.935 bits per heavy atom. The van der Waals surface area contributed by atoms with Crippen molar-refractivity contribution in [3.05, 3.63) is 100 Å². The highest BCUT2D eigenvalue weighted by Gasteiger charge is 2.15. The number of anilines is 2. The average Bonchev–Trinajstić information content (AvgIpc) is 2.78. The van der Waals surface area contributed by atoms with E-state index in [2.05, 4.69) is 10.6 Å². The van der Waals surface area contributed by atoms with E-state index in [1.54, 1.807) is 31.3 Å². The Hall–Kier alpha value is -4.11. The van der Waals surface area contributed by atoms with E-state index >= 15 is 0 Å².